The quantitative estimate of drug-likeness (QED) is 0.659. The van der Waals surface area contributed by atoms with Gasteiger partial charge in [0, 0.05) is 28.9 Å². The van der Waals surface area contributed by atoms with Crippen LogP contribution in [-0.2, 0) is 5.60 Å². The standard InChI is InChI=1S/C17H15NO5/c1-22-12-7-9(18)8-13(23-2)14(12)17(21)15(19)10-5-3-4-6-11(10)16(17)20/h3-8,21H,18H2,1-2H3. The highest BCUT2D eigenvalue weighted by Gasteiger charge is 2.56. The maximum Gasteiger partial charge on any atom is 0.223 e. The van der Waals surface area contributed by atoms with Crippen LogP contribution in [0.3, 0.4) is 0 Å². The summed E-state index contributed by atoms with van der Waals surface area (Å²) in [5.74, 6) is -1.20. The van der Waals surface area contributed by atoms with Gasteiger partial charge in [-0.25, -0.2) is 0 Å². The number of nitrogens with two attached hydrogens (primary N) is 1. The number of carbonyl (C=O) groups is 2. The summed E-state index contributed by atoms with van der Waals surface area (Å²) in [7, 11) is 2.72. The predicted octanol–water partition coefficient (Wildman–Crippen LogP) is 1.55. The molecule has 0 atom stereocenters. The van der Waals surface area contributed by atoms with E-state index in [1.807, 2.05) is 0 Å². The van der Waals surface area contributed by atoms with E-state index in [4.69, 9.17) is 15.2 Å². The van der Waals surface area contributed by atoms with Crippen LogP contribution in [0.25, 0.3) is 0 Å². The first-order valence-electron chi connectivity index (χ1n) is 6.88. The number of methoxy groups -OCH3 is 2. The Labute approximate surface area is 132 Å². The molecule has 0 spiro atoms. The van der Waals surface area contributed by atoms with Gasteiger partial charge in [0.25, 0.3) is 0 Å². The van der Waals surface area contributed by atoms with Crippen molar-refractivity contribution in [2.75, 3.05) is 20.0 Å². The SMILES string of the molecule is COc1cc(N)cc(OC)c1C1(O)C(=O)c2ccccc2C1=O. The zero-order chi connectivity index (χ0) is 16.8. The maximum absolute atomic E-state index is 12.7. The molecule has 0 amide bonds. The fourth-order valence-electron chi connectivity index (χ4n) is 2.89. The lowest BCUT2D eigenvalue weighted by atomic mass is 9.87. The van der Waals surface area contributed by atoms with Gasteiger partial charge in [-0.1, -0.05) is 24.3 Å². The van der Waals surface area contributed by atoms with E-state index in [9.17, 15) is 14.7 Å². The number of anilines is 1. The fourth-order valence-corrected chi connectivity index (χ4v) is 2.89. The number of rotatable bonds is 3. The number of ketones is 2. The van der Waals surface area contributed by atoms with Crippen LogP contribution in [0.5, 0.6) is 11.5 Å². The number of fused-ring (bicyclic) bond motifs is 1. The van der Waals surface area contributed by atoms with E-state index in [0.717, 1.165) is 0 Å². The van der Waals surface area contributed by atoms with Crippen molar-refractivity contribution in [2.24, 2.45) is 0 Å². The van der Waals surface area contributed by atoms with Crippen molar-refractivity contribution in [3.8, 4) is 11.5 Å². The summed E-state index contributed by atoms with van der Waals surface area (Å²) in [6, 6.07) is 9.13. The van der Waals surface area contributed by atoms with Crippen molar-refractivity contribution in [3.63, 3.8) is 0 Å². The van der Waals surface area contributed by atoms with Gasteiger partial charge in [-0.2, -0.15) is 0 Å². The van der Waals surface area contributed by atoms with Gasteiger partial charge in [0.05, 0.1) is 19.8 Å². The first-order valence-corrected chi connectivity index (χ1v) is 6.88. The monoisotopic (exact) mass is 313 g/mol. The molecule has 0 aromatic heterocycles. The zero-order valence-corrected chi connectivity index (χ0v) is 12.6. The summed E-state index contributed by atoms with van der Waals surface area (Å²) in [5.41, 5.74) is 3.99. The molecule has 118 valence electrons. The first kappa shape index (κ1) is 15.1. The lowest BCUT2D eigenvalue weighted by molar-refractivity contribution is 0.0303. The summed E-state index contributed by atoms with van der Waals surface area (Å²) in [4.78, 5) is 25.5. The molecule has 0 heterocycles. The first-order chi connectivity index (χ1) is 10.9. The Morgan fingerprint density at radius 1 is 0.957 bits per heavy atom. The lowest BCUT2D eigenvalue weighted by Crippen LogP contribution is -2.38. The summed E-state index contributed by atoms with van der Waals surface area (Å²) >= 11 is 0. The van der Waals surface area contributed by atoms with Crippen LogP contribution < -0.4 is 15.2 Å². The number of hydrogen-bond donors (Lipinski definition) is 2. The van der Waals surface area contributed by atoms with Crippen LogP contribution in [0.2, 0.25) is 0 Å². The number of ether oxygens (including phenoxy) is 2. The van der Waals surface area contributed by atoms with Crippen LogP contribution in [0.1, 0.15) is 26.3 Å². The van der Waals surface area contributed by atoms with Crippen molar-refractivity contribution in [1.82, 2.24) is 0 Å². The molecule has 1 aliphatic carbocycles. The maximum atomic E-state index is 12.7. The Hall–Kier alpha value is -2.86. The van der Waals surface area contributed by atoms with E-state index in [-0.39, 0.29) is 28.2 Å². The smallest absolute Gasteiger partial charge is 0.223 e. The molecular formula is C17H15NO5. The average Bonchev–Trinajstić information content (AvgIpc) is 2.76. The van der Waals surface area contributed by atoms with E-state index < -0.39 is 17.2 Å². The number of benzene rings is 2. The second-order valence-electron chi connectivity index (χ2n) is 5.21. The van der Waals surface area contributed by atoms with Gasteiger partial charge >= 0.3 is 0 Å². The van der Waals surface area contributed by atoms with Crippen LogP contribution in [0.15, 0.2) is 36.4 Å². The predicted molar refractivity (Wildman–Crippen MR) is 83.0 cm³/mol. The van der Waals surface area contributed by atoms with Crippen molar-refractivity contribution < 1.29 is 24.2 Å². The Bertz CT molecular complexity index is 767. The van der Waals surface area contributed by atoms with Crippen LogP contribution in [0.4, 0.5) is 5.69 Å². The largest absolute Gasteiger partial charge is 0.496 e. The highest BCUT2D eigenvalue weighted by atomic mass is 16.5. The van der Waals surface area contributed by atoms with Gasteiger partial charge in [0.15, 0.2) is 0 Å². The molecule has 3 N–H and O–H groups in total. The average molecular weight is 313 g/mol. The molecule has 0 saturated carbocycles. The minimum atomic E-state index is -2.39. The van der Waals surface area contributed by atoms with Crippen molar-refractivity contribution in [2.45, 2.75) is 5.60 Å². The second-order valence-corrected chi connectivity index (χ2v) is 5.21. The molecule has 0 bridgehead atoms. The minimum Gasteiger partial charge on any atom is -0.496 e. The Kier molecular flexibility index (Phi) is 3.34. The normalized spacial score (nSPS) is 15.4. The topological polar surface area (TPSA) is 98.8 Å². The van der Waals surface area contributed by atoms with E-state index in [1.54, 1.807) is 12.1 Å². The number of Topliss-reactive ketones (excluding diaryl/α,β-unsaturated/α-hetero) is 2. The third kappa shape index (κ3) is 1.92. The van der Waals surface area contributed by atoms with Gasteiger partial charge in [-0.05, 0) is 0 Å². The van der Waals surface area contributed by atoms with Crippen molar-refractivity contribution in [3.05, 3.63) is 53.1 Å². The molecule has 0 aliphatic heterocycles. The molecule has 6 heteroatoms. The summed E-state index contributed by atoms with van der Waals surface area (Å²) in [5, 5.41) is 11.0. The summed E-state index contributed by atoms with van der Waals surface area (Å²) in [6.07, 6.45) is 0. The van der Waals surface area contributed by atoms with Gasteiger partial charge in [-0.15, -0.1) is 0 Å². The number of nitrogen functional groups attached to an aromatic ring is 1. The number of aliphatic hydroxyl groups is 1. The molecule has 2 aromatic carbocycles. The van der Waals surface area contributed by atoms with Crippen LogP contribution >= 0.6 is 0 Å². The lowest BCUT2D eigenvalue weighted by Gasteiger charge is -2.24. The van der Waals surface area contributed by atoms with Gasteiger partial charge < -0.3 is 20.3 Å². The molecule has 0 unspecified atom stereocenters. The molecule has 0 radical (unpaired) electrons. The Balaban J connectivity index is 2.31. The summed E-state index contributed by atoms with van der Waals surface area (Å²) < 4.78 is 10.4. The van der Waals surface area contributed by atoms with Crippen LogP contribution in [-0.4, -0.2) is 30.9 Å². The van der Waals surface area contributed by atoms with Gasteiger partial charge in [0.2, 0.25) is 17.2 Å². The van der Waals surface area contributed by atoms with Crippen LogP contribution in [0, 0.1) is 0 Å². The van der Waals surface area contributed by atoms with E-state index in [0.29, 0.717) is 5.69 Å². The molecule has 0 saturated heterocycles. The number of carbonyl (C=O) groups excluding carboxylic acids is 2. The minimum absolute atomic E-state index is 0.0390. The van der Waals surface area contributed by atoms with Crippen molar-refractivity contribution in [1.29, 1.82) is 0 Å². The molecule has 2 aromatic rings. The van der Waals surface area contributed by atoms with E-state index >= 15 is 0 Å². The second kappa shape index (κ2) is 5.10. The molecule has 23 heavy (non-hydrogen) atoms. The van der Waals surface area contributed by atoms with Gasteiger partial charge in [-0.3, -0.25) is 9.59 Å². The zero-order valence-electron chi connectivity index (χ0n) is 12.6. The molecular weight excluding hydrogens is 298 g/mol. The molecule has 6 nitrogen and oxygen atoms in total. The Morgan fingerprint density at radius 2 is 1.39 bits per heavy atom. The summed E-state index contributed by atoms with van der Waals surface area (Å²) in [6.45, 7) is 0. The Morgan fingerprint density at radius 3 is 1.78 bits per heavy atom. The molecule has 1 aliphatic rings. The van der Waals surface area contributed by atoms with E-state index in [1.165, 1.54) is 38.5 Å². The van der Waals surface area contributed by atoms with Gasteiger partial charge in [0.1, 0.15) is 11.5 Å². The molecule has 0 fully saturated rings. The highest BCUT2D eigenvalue weighted by molar-refractivity contribution is 6.32. The third-order valence-corrected chi connectivity index (χ3v) is 3.96. The molecule has 3 rings (SSSR count). The van der Waals surface area contributed by atoms with E-state index in [2.05, 4.69) is 0 Å². The fraction of sp³-hybridized carbons (Fsp3) is 0.176. The third-order valence-electron chi connectivity index (χ3n) is 3.96. The highest BCUT2D eigenvalue weighted by Crippen LogP contribution is 2.46. The number of hydrogen-bond acceptors (Lipinski definition) is 6. The van der Waals surface area contributed by atoms with Crippen molar-refractivity contribution >= 4 is 17.3 Å².